The first-order valence-corrected chi connectivity index (χ1v) is 2.90. The summed E-state index contributed by atoms with van der Waals surface area (Å²) in [5.41, 5.74) is 9.84. The Balaban J connectivity index is 3.34. The maximum Gasteiger partial charge on any atom is 0.171 e. The summed E-state index contributed by atoms with van der Waals surface area (Å²) in [7, 11) is 0. The minimum absolute atomic E-state index is 0.0448. The van der Waals surface area contributed by atoms with Gasteiger partial charge in [0.2, 0.25) is 0 Å². The lowest BCUT2D eigenvalue weighted by Gasteiger charge is -1.98. The molecule has 7 heavy (non-hydrogen) atoms. The lowest BCUT2D eigenvalue weighted by molar-refractivity contribution is 0.549. The van der Waals surface area contributed by atoms with Crippen LogP contribution in [0.25, 0.3) is 0 Å². The fraction of sp³-hybridized carbons (Fsp3) is 1.00. The van der Waals surface area contributed by atoms with E-state index in [-0.39, 0.29) is 6.54 Å². The number of hydrogen-bond acceptors (Lipinski definition) is 3. The van der Waals surface area contributed by atoms with Crippen molar-refractivity contribution in [3.05, 3.63) is 0 Å². The summed E-state index contributed by atoms with van der Waals surface area (Å²) in [4.78, 5) is 0. The molecule has 0 amide bonds. The SMILES string of the molecule is NCC(N)S(=O)O. The molecule has 0 radical (unpaired) electrons. The van der Waals surface area contributed by atoms with Crippen molar-refractivity contribution in [2.24, 2.45) is 11.5 Å². The van der Waals surface area contributed by atoms with Gasteiger partial charge in [-0.3, -0.25) is 0 Å². The Morgan fingerprint density at radius 1 is 1.86 bits per heavy atom. The predicted octanol–water partition coefficient (Wildman–Crippen LogP) is -1.55. The molecule has 0 heterocycles. The maximum absolute atomic E-state index is 9.84. The van der Waals surface area contributed by atoms with Crippen LogP contribution in [0.3, 0.4) is 0 Å². The standard InChI is InChI=1S/C2H8N2O2S/c3-1-2(4)7(5)6/h2H,1,3-4H2,(H,5,6). The van der Waals surface area contributed by atoms with Gasteiger partial charge in [-0.25, -0.2) is 4.21 Å². The van der Waals surface area contributed by atoms with E-state index in [1.54, 1.807) is 0 Å². The van der Waals surface area contributed by atoms with E-state index in [4.69, 9.17) is 16.0 Å². The smallest absolute Gasteiger partial charge is 0.171 e. The van der Waals surface area contributed by atoms with Crippen LogP contribution in [-0.2, 0) is 11.1 Å². The average Bonchev–Trinajstić information content (AvgIpc) is 1.65. The van der Waals surface area contributed by atoms with Crippen molar-refractivity contribution in [3.8, 4) is 0 Å². The molecule has 0 aliphatic carbocycles. The van der Waals surface area contributed by atoms with Crippen LogP contribution in [0.2, 0.25) is 0 Å². The topological polar surface area (TPSA) is 89.3 Å². The quantitative estimate of drug-likeness (QED) is 0.389. The van der Waals surface area contributed by atoms with Crippen molar-refractivity contribution in [3.63, 3.8) is 0 Å². The fourth-order valence-corrected chi connectivity index (χ4v) is 0.247. The molecule has 4 nitrogen and oxygen atoms in total. The molecule has 5 heteroatoms. The largest absolute Gasteiger partial charge is 0.328 e. The molecule has 5 N–H and O–H groups in total. The fourth-order valence-electron chi connectivity index (χ4n) is 0.0823. The van der Waals surface area contributed by atoms with Gasteiger partial charge in [-0.15, -0.1) is 0 Å². The van der Waals surface area contributed by atoms with Gasteiger partial charge in [0.25, 0.3) is 0 Å². The molecule has 0 bridgehead atoms. The first-order valence-electron chi connectivity index (χ1n) is 1.73. The Morgan fingerprint density at radius 2 is 2.29 bits per heavy atom. The summed E-state index contributed by atoms with van der Waals surface area (Å²) in [5.74, 6) is 0. The monoisotopic (exact) mass is 124 g/mol. The molecule has 2 unspecified atom stereocenters. The second-order valence-electron chi connectivity index (χ2n) is 1.05. The van der Waals surface area contributed by atoms with Crippen LogP contribution in [-0.4, -0.2) is 20.7 Å². The Kier molecular flexibility index (Phi) is 3.10. The normalized spacial score (nSPS) is 18.7. The molecule has 0 aromatic carbocycles. The van der Waals surface area contributed by atoms with E-state index in [2.05, 4.69) is 0 Å². The summed E-state index contributed by atoms with van der Waals surface area (Å²) < 4.78 is 17.9. The summed E-state index contributed by atoms with van der Waals surface area (Å²) in [5, 5.41) is -0.792. The van der Waals surface area contributed by atoms with Crippen LogP contribution in [0.4, 0.5) is 0 Å². The molecule has 0 saturated heterocycles. The van der Waals surface area contributed by atoms with E-state index in [1.807, 2.05) is 0 Å². The summed E-state index contributed by atoms with van der Waals surface area (Å²) in [6, 6.07) is 0. The van der Waals surface area contributed by atoms with Crippen molar-refractivity contribution < 1.29 is 8.76 Å². The molecule has 0 spiro atoms. The van der Waals surface area contributed by atoms with E-state index in [1.165, 1.54) is 0 Å². The zero-order chi connectivity index (χ0) is 5.86. The lowest BCUT2D eigenvalue weighted by Crippen LogP contribution is -2.33. The molecular weight excluding hydrogens is 116 g/mol. The minimum Gasteiger partial charge on any atom is -0.328 e. The zero-order valence-corrected chi connectivity index (χ0v) is 4.52. The summed E-state index contributed by atoms with van der Waals surface area (Å²) in [6.07, 6.45) is 0. The second-order valence-corrected chi connectivity index (χ2v) is 2.21. The summed E-state index contributed by atoms with van der Waals surface area (Å²) in [6.45, 7) is 0.0448. The molecule has 0 fully saturated rings. The molecule has 0 saturated carbocycles. The van der Waals surface area contributed by atoms with E-state index in [0.29, 0.717) is 0 Å². The van der Waals surface area contributed by atoms with Crippen molar-refractivity contribution >= 4 is 11.1 Å². The third-order valence-corrected chi connectivity index (χ3v) is 1.20. The Bertz CT molecular complexity index is 76.1. The molecule has 0 aliphatic heterocycles. The van der Waals surface area contributed by atoms with Crippen LogP contribution in [0.15, 0.2) is 0 Å². The van der Waals surface area contributed by atoms with Gasteiger partial charge < -0.3 is 16.0 Å². The molecule has 0 rings (SSSR count). The van der Waals surface area contributed by atoms with E-state index < -0.39 is 16.5 Å². The Hall–Kier alpha value is 0.0300. The summed E-state index contributed by atoms with van der Waals surface area (Å²) >= 11 is -1.96. The van der Waals surface area contributed by atoms with Crippen LogP contribution in [0, 0.1) is 0 Å². The number of rotatable bonds is 2. The third kappa shape index (κ3) is 2.69. The van der Waals surface area contributed by atoms with Gasteiger partial charge in [-0.05, 0) is 0 Å². The van der Waals surface area contributed by atoms with E-state index in [9.17, 15) is 4.21 Å². The highest BCUT2D eigenvalue weighted by molar-refractivity contribution is 7.79. The van der Waals surface area contributed by atoms with Crippen molar-refractivity contribution in [1.29, 1.82) is 0 Å². The number of hydrogen-bond donors (Lipinski definition) is 3. The Morgan fingerprint density at radius 3 is 2.29 bits per heavy atom. The molecule has 2 atom stereocenters. The van der Waals surface area contributed by atoms with Gasteiger partial charge in [0.1, 0.15) is 5.37 Å². The van der Waals surface area contributed by atoms with Crippen molar-refractivity contribution in [2.75, 3.05) is 6.54 Å². The first kappa shape index (κ1) is 7.03. The van der Waals surface area contributed by atoms with Crippen LogP contribution in [0.5, 0.6) is 0 Å². The lowest BCUT2D eigenvalue weighted by atomic mass is 10.7. The van der Waals surface area contributed by atoms with Gasteiger partial charge in [0, 0.05) is 6.54 Å². The highest BCUT2D eigenvalue weighted by Crippen LogP contribution is 1.76. The highest BCUT2D eigenvalue weighted by atomic mass is 32.2. The van der Waals surface area contributed by atoms with Gasteiger partial charge in [-0.1, -0.05) is 0 Å². The van der Waals surface area contributed by atoms with Crippen LogP contribution in [0.1, 0.15) is 0 Å². The van der Waals surface area contributed by atoms with Gasteiger partial charge in [0.15, 0.2) is 11.1 Å². The highest BCUT2D eigenvalue weighted by Gasteiger charge is 2.02. The van der Waals surface area contributed by atoms with Gasteiger partial charge in [-0.2, -0.15) is 0 Å². The second kappa shape index (κ2) is 3.09. The maximum atomic E-state index is 9.84. The van der Waals surface area contributed by atoms with E-state index >= 15 is 0 Å². The minimum atomic E-state index is -1.96. The van der Waals surface area contributed by atoms with Gasteiger partial charge in [0.05, 0.1) is 0 Å². The van der Waals surface area contributed by atoms with Crippen molar-refractivity contribution in [2.45, 2.75) is 5.37 Å². The molecule has 0 aliphatic rings. The third-order valence-electron chi connectivity index (χ3n) is 0.491. The van der Waals surface area contributed by atoms with Crippen LogP contribution < -0.4 is 11.5 Å². The zero-order valence-electron chi connectivity index (χ0n) is 3.70. The average molecular weight is 124 g/mol. The first-order chi connectivity index (χ1) is 3.18. The number of nitrogens with two attached hydrogens (primary N) is 2. The predicted molar refractivity (Wildman–Crippen MR) is 27.8 cm³/mol. The van der Waals surface area contributed by atoms with Crippen molar-refractivity contribution in [1.82, 2.24) is 0 Å². The molecular formula is C2H8N2O2S. The molecule has 0 aromatic rings. The Labute approximate surface area is 44.2 Å². The molecule has 44 valence electrons. The molecule has 0 aromatic heterocycles. The van der Waals surface area contributed by atoms with Crippen LogP contribution >= 0.6 is 0 Å². The van der Waals surface area contributed by atoms with Gasteiger partial charge >= 0.3 is 0 Å². The van der Waals surface area contributed by atoms with E-state index in [0.717, 1.165) is 0 Å².